The van der Waals surface area contributed by atoms with Crippen molar-refractivity contribution in [3.63, 3.8) is 0 Å². The Morgan fingerprint density at radius 3 is 2.65 bits per heavy atom. The fourth-order valence-corrected chi connectivity index (χ4v) is 4.03. The summed E-state index contributed by atoms with van der Waals surface area (Å²) < 4.78 is 17.1. The van der Waals surface area contributed by atoms with Crippen molar-refractivity contribution in [2.24, 2.45) is 0 Å². The van der Waals surface area contributed by atoms with Crippen LogP contribution in [0.15, 0.2) is 41.6 Å². The number of carbonyl (C=O) groups is 1. The normalized spacial score (nSPS) is 14.7. The fraction of sp³-hybridized carbons (Fsp3) is 0.238. The lowest BCUT2D eigenvalue weighted by Gasteiger charge is -2.30. The molecule has 1 aliphatic heterocycles. The van der Waals surface area contributed by atoms with Crippen LogP contribution in [0.1, 0.15) is 18.7 Å². The number of fused-ring (bicyclic) bond motifs is 3. The second kappa shape index (κ2) is 8.60. The monoisotopic (exact) mass is 458 g/mol. The van der Waals surface area contributed by atoms with E-state index in [1.54, 1.807) is 12.1 Å². The molecule has 0 bridgehead atoms. The van der Waals surface area contributed by atoms with E-state index in [9.17, 15) is 4.79 Å². The first-order chi connectivity index (χ1) is 15.0. The molecule has 0 unspecified atom stereocenters. The van der Waals surface area contributed by atoms with Crippen LogP contribution in [-0.4, -0.2) is 41.6 Å². The Kier molecular flexibility index (Phi) is 5.88. The van der Waals surface area contributed by atoms with Crippen LogP contribution < -0.4 is 19.1 Å². The van der Waals surface area contributed by atoms with Crippen molar-refractivity contribution < 1.29 is 19.0 Å². The highest BCUT2D eigenvalue weighted by Gasteiger charge is 2.35. The number of anilines is 1. The van der Waals surface area contributed by atoms with Crippen LogP contribution in [0, 0.1) is 0 Å². The number of methoxy groups -OCH3 is 2. The molecule has 0 saturated heterocycles. The van der Waals surface area contributed by atoms with Crippen molar-refractivity contribution in [1.82, 2.24) is 15.2 Å². The lowest BCUT2D eigenvalue weighted by molar-refractivity contribution is -0.118. The molecule has 0 aliphatic carbocycles. The topological polar surface area (TPSA) is 86.7 Å². The van der Waals surface area contributed by atoms with Gasteiger partial charge in [-0.2, -0.15) is 4.98 Å². The largest absolute Gasteiger partial charge is 0.493 e. The number of halogens is 1. The van der Waals surface area contributed by atoms with E-state index in [1.165, 1.54) is 37.8 Å². The number of benzene rings is 2. The summed E-state index contributed by atoms with van der Waals surface area (Å²) in [7, 11) is 3.02. The van der Waals surface area contributed by atoms with Crippen LogP contribution >= 0.6 is 23.4 Å². The van der Waals surface area contributed by atoms with E-state index in [2.05, 4.69) is 15.2 Å². The number of amides is 1. The maximum absolute atomic E-state index is 12.8. The minimum atomic E-state index is -0.872. The number of rotatable bonds is 4. The zero-order chi connectivity index (χ0) is 22.1. The molecule has 8 nitrogen and oxygen atoms in total. The van der Waals surface area contributed by atoms with Gasteiger partial charge in [-0.1, -0.05) is 41.6 Å². The number of hydrogen-bond donors (Lipinski definition) is 0. The maximum Gasteiger partial charge on any atom is 0.247 e. The molecule has 2 aromatic carbocycles. The lowest BCUT2D eigenvalue weighted by Crippen LogP contribution is -2.36. The fourth-order valence-electron chi connectivity index (χ4n) is 3.44. The lowest BCUT2D eigenvalue weighted by atomic mass is 10.1. The Labute approximate surface area is 188 Å². The molecule has 0 radical (unpaired) electrons. The summed E-state index contributed by atoms with van der Waals surface area (Å²) in [4.78, 5) is 18.9. The molecule has 0 spiro atoms. The standard InChI is InChI=1S/C21H19ClN4O4S/c1-11(27)26-15-8-6-5-7-13(15)17-19(23-21(31-4)25-24-17)30-20(26)12-9-14(22)18(29-3)16(10-12)28-2/h5-10,20H,1-4H3/t20-/m1/s1. The summed E-state index contributed by atoms with van der Waals surface area (Å²) in [5.74, 6) is 0.853. The Hall–Kier alpha value is -3.04. The molecular formula is C21H19ClN4O4S. The summed E-state index contributed by atoms with van der Waals surface area (Å²) in [5, 5.41) is 9.25. The number of ether oxygens (including phenoxy) is 3. The van der Waals surface area contributed by atoms with Crippen LogP contribution in [-0.2, 0) is 4.79 Å². The number of hydrogen-bond acceptors (Lipinski definition) is 8. The SMILES string of the molecule is COc1cc([C@H]2Oc3nc(SC)nnc3-c3ccccc3N2C(C)=O)cc(Cl)c1OC. The van der Waals surface area contributed by atoms with Gasteiger partial charge >= 0.3 is 0 Å². The number of aromatic nitrogens is 3. The third-order valence-corrected chi connectivity index (χ3v) is 5.59. The van der Waals surface area contributed by atoms with Gasteiger partial charge in [0.15, 0.2) is 17.2 Å². The predicted octanol–water partition coefficient (Wildman–Crippen LogP) is 4.38. The first-order valence-electron chi connectivity index (χ1n) is 9.24. The summed E-state index contributed by atoms with van der Waals surface area (Å²) in [6, 6.07) is 10.8. The molecule has 1 atom stereocenters. The molecule has 2 heterocycles. The molecule has 1 aromatic heterocycles. The third kappa shape index (κ3) is 3.75. The zero-order valence-corrected chi connectivity index (χ0v) is 18.8. The van der Waals surface area contributed by atoms with Crippen molar-refractivity contribution in [2.75, 3.05) is 25.4 Å². The number of carbonyl (C=O) groups excluding carboxylic acids is 1. The molecule has 160 valence electrons. The molecule has 31 heavy (non-hydrogen) atoms. The van der Waals surface area contributed by atoms with E-state index in [0.717, 1.165) is 0 Å². The van der Waals surface area contributed by atoms with Gasteiger partial charge in [0.2, 0.25) is 23.2 Å². The van der Waals surface area contributed by atoms with Gasteiger partial charge in [-0.3, -0.25) is 9.69 Å². The number of thioether (sulfide) groups is 1. The average molecular weight is 459 g/mol. The Morgan fingerprint density at radius 2 is 1.97 bits per heavy atom. The minimum absolute atomic E-state index is 0.228. The summed E-state index contributed by atoms with van der Waals surface area (Å²) >= 11 is 7.79. The molecule has 1 aliphatic rings. The highest BCUT2D eigenvalue weighted by Crippen LogP contribution is 2.45. The first-order valence-corrected chi connectivity index (χ1v) is 10.8. The van der Waals surface area contributed by atoms with E-state index >= 15 is 0 Å². The molecule has 0 fully saturated rings. The second-order valence-corrected chi connectivity index (χ2v) is 7.75. The minimum Gasteiger partial charge on any atom is -0.493 e. The van der Waals surface area contributed by atoms with E-state index in [0.29, 0.717) is 44.2 Å². The van der Waals surface area contributed by atoms with Gasteiger partial charge in [-0.25, -0.2) is 0 Å². The molecule has 3 aromatic rings. The van der Waals surface area contributed by atoms with Crippen molar-refractivity contribution >= 4 is 35.0 Å². The van der Waals surface area contributed by atoms with Gasteiger partial charge in [0.1, 0.15) is 0 Å². The first kappa shape index (κ1) is 21.2. The van der Waals surface area contributed by atoms with Gasteiger partial charge in [0.25, 0.3) is 0 Å². The molecule has 0 N–H and O–H groups in total. The van der Waals surface area contributed by atoms with Gasteiger partial charge in [-0.15, -0.1) is 10.2 Å². The van der Waals surface area contributed by atoms with Crippen molar-refractivity contribution in [1.29, 1.82) is 0 Å². The van der Waals surface area contributed by atoms with E-state index < -0.39 is 6.23 Å². The smallest absolute Gasteiger partial charge is 0.247 e. The quantitative estimate of drug-likeness (QED) is 0.532. The number of nitrogens with zero attached hydrogens (tertiary/aromatic N) is 4. The maximum atomic E-state index is 12.8. The highest BCUT2D eigenvalue weighted by atomic mass is 35.5. The van der Waals surface area contributed by atoms with Gasteiger partial charge < -0.3 is 14.2 Å². The van der Waals surface area contributed by atoms with E-state index in [-0.39, 0.29) is 11.8 Å². The van der Waals surface area contributed by atoms with Gasteiger partial charge in [0, 0.05) is 18.1 Å². The van der Waals surface area contributed by atoms with Crippen molar-refractivity contribution in [3.8, 4) is 28.6 Å². The van der Waals surface area contributed by atoms with Crippen LogP contribution in [0.3, 0.4) is 0 Å². The van der Waals surface area contributed by atoms with Gasteiger partial charge in [0.05, 0.1) is 24.9 Å². The second-order valence-electron chi connectivity index (χ2n) is 6.57. The van der Waals surface area contributed by atoms with Crippen molar-refractivity contribution in [3.05, 3.63) is 47.0 Å². The van der Waals surface area contributed by atoms with Crippen LogP contribution in [0.2, 0.25) is 5.02 Å². The Morgan fingerprint density at radius 1 is 1.19 bits per heavy atom. The molecule has 1 amide bonds. The van der Waals surface area contributed by atoms with Crippen molar-refractivity contribution in [2.45, 2.75) is 18.3 Å². The molecule has 0 saturated carbocycles. The Bertz CT molecular complexity index is 1160. The zero-order valence-electron chi connectivity index (χ0n) is 17.2. The molecule has 4 rings (SSSR count). The Balaban J connectivity index is 1.98. The van der Waals surface area contributed by atoms with E-state index in [4.69, 9.17) is 25.8 Å². The summed E-state index contributed by atoms with van der Waals surface area (Å²) in [5.41, 5.74) is 2.35. The predicted molar refractivity (Wildman–Crippen MR) is 118 cm³/mol. The van der Waals surface area contributed by atoms with Crippen LogP contribution in [0.5, 0.6) is 17.4 Å². The average Bonchev–Trinajstić information content (AvgIpc) is 2.92. The molecule has 10 heteroatoms. The molecular weight excluding hydrogens is 440 g/mol. The highest BCUT2D eigenvalue weighted by molar-refractivity contribution is 7.98. The summed E-state index contributed by atoms with van der Waals surface area (Å²) in [6.45, 7) is 1.47. The van der Waals surface area contributed by atoms with Crippen LogP contribution in [0.25, 0.3) is 11.3 Å². The third-order valence-electron chi connectivity index (χ3n) is 4.77. The number of para-hydroxylation sites is 1. The van der Waals surface area contributed by atoms with Crippen LogP contribution in [0.4, 0.5) is 5.69 Å². The summed E-state index contributed by atoms with van der Waals surface area (Å²) in [6.07, 6.45) is 0.977. The van der Waals surface area contributed by atoms with Gasteiger partial charge in [-0.05, 0) is 24.5 Å². The van der Waals surface area contributed by atoms with E-state index in [1.807, 2.05) is 30.5 Å².